The molecule has 0 amide bonds. The van der Waals surface area contributed by atoms with Crippen LogP contribution in [-0.2, 0) is 0 Å². The zero-order chi connectivity index (χ0) is 5.28. The minimum Gasteiger partial charge on any atom is -0.458 e. The maximum atomic E-state index is 4.83. The fourth-order valence-corrected chi connectivity index (χ4v) is 0.672. The molecule has 0 saturated heterocycles. The summed E-state index contributed by atoms with van der Waals surface area (Å²) in [6.07, 6.45) is 1.67. The molecule has 0 bridgehead atoms. The van der Waals surface area contributed by atoms with Crippen LogP contribution in [0.15, 0.2) is 21.8 Å². The molecule has 0 saturated carbocycles. The number of aryl methyl sites for hydroxylation is 1. The molecule has 0 aliphatic carbocycles. The molecule has 0 atom stereocenters. The Morgan fingerprint density at radius 1 is 1.71 bits per heavy atom. The average molecular weight is 114 g/mol. The molecule has 38 valence electrons. The number of hydrogen-bond donors (Lipinski definition) is 1. The molecule has 0 radical (unpaired) electrons. The summed E-state index contributed by atoms with van der Waals surface area (Å²) in [5.41, 5.74) is 1.12. The molecule has 0 aromatic carbocycles. The van der Waals surface area contributed by atoms with E-state index in [9.17, 15) is 0 Å². The highest BCUT2D eigenvalue weighted by Gasteiger charge is 1.86. The van der Waals surface area contributed by atoms with Gasteiger partial charge in [0.25, 0.3) is 0 Å². The van der Waals surface area contributed by atoms with Gasteiger partial charge in [0.05, 0.1) is 6.26 Å². The van der Waals surface area contributed by atoms with Crippen molar-refractivity contribution >= 4 is 12.6 Å². The molecule has 2 heteroatoms. The van der Waals surface area contributed by atoms with Gasteiger partial charge in [-0.25, -0.2) is 0 Å². The third kappa shape index (κ3) is 0.996. The standard InChI is InChI=1S/C5H6OS/c1-4-2-5(7)6-3-4/h2-3,7H,1H3. The molecular formula is C5H6OS. The molecule has 0 spiro atoms. The van der Waals surface area contributed by atoms with Crippen molar-refractivity contribution < 1.29 is 4.42 Å². The zero-order valence-electron chi connectivity index (χ0n) is 4.01. The summed E-state index contributed by atoms with van der Waals surface area (Å²) >= 11 is 3.94. The maximum absolute atomic E-state index is 4.83. The van der Waals surface area contributed by atoms with Gasteiger partial charge in [-0.05, 0) is 18.6 Å². The first-order chi connectivity index (χ1) is 3.29. The van der Waals surface area contributed by atoms with Crippen LogP contribution in [0.3, 0.4) is 0 Å². The summed E-state index contributed by atoms with van der Waals surface area (Å²) in [6.45, 7) is 1.96. The topological polar surface area (TPSA) is 13.1 Å². The Bertz CT molecular complexity index is 140. The second-order valence-electron chi connectivity index (χ2n) is 1.46. The van der Waals surface area contributed by atoms with Crippen LogP contribution in [0.25, 0.3) is 0 Å². The van der Waals surface area contributed by atoms with Gasteiger partial charge in [0.15, 0.2) is 5.09 Å². The molecule has 1 nitrogen and oxygen atoms in total. The van der Waals surface area contributed by atoms with Gasteiger partial charge in [0.2, 0.25) is 0 Å². The van der Waals surface area contributed by atoms with E-state index >= 15 is 0 Å². The fourth-order valence-electron chi connectivity index (χ4n) is 0.416. The highest BCUT2D eigenvalue weighted by Crippen LogP contribution is 2.08. The summed E-state index contributed by atoms with van der Waals surface area (Å²) in [7, 11) is 0. The van der Waals surface area contributed by atoms with Crippen molar-refractivity contribution in [3.05, 3.63) is 17.9 Å². The lowest BCUT2D eigenvalue weighted by Gasteiger charge is -1.68. The van der Waals surface area contributed by atoms with Crippen LogP contribution in [-0.4, -0.2) is 0 Å². The number of rotatable bonds is 0. The maximum Gasteiger partial charge on any atom is 0.157 e. The van der Waals surface area contributed by atoms with Crippen molar-refractivity contribution in [3.63, 3.8) is 0 Å². The Kier molecular flexibility index (Phi) is 1.11. The van der Waals surface area contributed by atoms with E-state index < -0.39 is 0 Å². The first kappa shape index (κ1) is 4.78. The first-order valence-electron chi connectivity index (χ1n) is 2.03. The molecule has 0 N–H and O–H groups in total. The lowest BCUT2D eigenvalue weighted by atomic mass is 10.4. The lowest BCUT2D eigenvalue weighted by Crippen LogP contribution is -1.50. The predicted octanol–water partition coefficient (Wildman–Crippen LogP) is 1.88. The second-order valence-corrected chi connectivity index (χ2v) is 1.90. The van der Waals surface area contributed by atoms with E-state index in [1.165, 1.54) is 0 Å². The van der Waals surface area contributed by atoms with Crippen LogP contribution in [0.2, 0.25) is 0 Å². The molecule has 0 aliphatic rings. The van der Waals surface area contributed by atoms with Crippen LogP contribution in [0.5, 0.6) is 0 Å². The summed E-state index contributed by atoms with van der Waals surface area (Å²) in [5.74, 6) is 0. The molecule has 1 aromatic rings. The van der Waals surface area contributed by atoms with Gasteiger partial charge in [-0.15, -0.1) is 12.6 Å². The van der Waals surface area contributed by atoms with Crippen molar-refractivity contribution in [2.75, 3.05) is 0 Å². The minimum absolute atomic E-state index is 0.678. The second kappa shape index (κ2) is 1.62. The predicted molar refractivity (Wildman–Crippen MR) is 30.7 cm³/mol. The number of thiol groups is 1. The summed E-state index contributed by atoms with van der Waals surface area (Å²) in [5, 5.41) is 0.678. The van der Waals surface area contributed by atoms with Gasteiger partial charge in [-0.3, -0.25) is 0 Å². The summed E-state index contributed by atoms with van der Waals surface area (Å²) in [4.78, 5) is 0. The molecule has 0 fully saturated rings. The van der Waals surface area contributed by atoms with Crippen LogP contribution in [0.4, 0.5) is 0 Å². The lowest BCUT2D eigenvalue weighted by molar-refractivity contribution is 0.475. The van der Waals surface area contributed by atoms with Crippen LogP contribution in [0, 0.1) is 6.92 Å². The van der Waals surface area contributed by atoms with Gasteiger partial charge in [0, 0.05) is 0 Å². The van der Waals surface area contributed by atoms with Gasteiger partial charge in [0.1, 0.15) is 0 Å². The fraction of sp³-hybridized carbons (Fsp3) is 0.200. The summed E-state index contributed by atoms with van der Waals surface area (Å²) < 4.78 is 4.83. The van der Waals surface area contributed by atoms with Gasteiger partial charge < -0.3 is 4.42 Å². The molecule has 1 heterocycles. The molecule has 0 unspecified atom stereocenters. The SMILES string of the molecule is Cc1coc(S)c1. The minimum atomic E-state index is 0.678. The Labute approximate surface area is 47.7 Å². The molecule has 7 heavy (non-hydrogen) atoms. The van der Waals surface area contributed by atoms with Gasteiger partial charge in [-0.2, -0.15) is 0 Å². The Morgan fingerprint density at radius 2 is 2.43 bits per heavy atom. The van der Waals surface area contributed by atoms with E-state index in [1.807, 2.05) is 13.0 Å². The third-order valence-electron chi connectivity index (χ3n) is 0.717. The van der Waals surface area contributed by atoms with Crippen molar-refractivity contribution in [3.8, 4) is 0 Å². The Balaban J connectivity index is 3.04. The Morgan fingerprint density at radius 3 is 2.57 bits per heavy atom. The van der Waals surface area contributed by atoms with E-state index in [0.717, 1.165) is 5.56 Å². The van der Waals surface area contributed by atoms with E-state index in [0.29, 0.717) is 5.09 Å². The van der Waals surface area contributed by atoms with E-state index in [1.54, 1.807) is 6.26 Å². The quantitative estimate of drug-likeness (QED) is 0.508. The molecule has 0 aliphatic heterocycles. The highest BCUT2D eigenvalue weighted by atomic mass is 32.1. The van der Waals surface area contributed by atoms with Gasteiger partial charge >= 0.3 is 0 Å². The third-order valence-corrected chi connectivity index (χ3v) is 0.951. The van der Waals surface area contributed by atoms with E-state index in [-0.39, 0.29) is 0 Å². The highest BCUT2D eigenvalue weighted by molar-refractivity contribution is 7.80. The first-order valence-corrected chi connectivity index (χ1v) is 2.48. The van der Waals surface area contributed by atoms with Crippen molar-refractivity contribution in [1.82, 2.24) is 0 Å². The average Bonchev–Trinajstić information content (AvgIpc) is 1.87. The normalized spacial score (nSPS) is 9.43. The largest absolute Gasteiger partial charge is 0.458 e. The molecular weight excluding hydrogens is 108 g/mol. The van der Waals surface area contributed by atoms with Crippen LogP contribution >= 0.6 is 12.6 Å². The van der Waals surface area contributed by atoms with Crippen molar-refractivity contribution in [2.24, 2.45) is 0 Å². The van der Waals surface area contributed by atoms with Crippen LogP contribution < -0.4 is 0 Å². The van der Waals surface area contributed by atoms with E-state index in [4.69, 9.17) is 4.42 Å². The summed E-state index contributed by atoms with van der Waals surface area (Å²) in [6, 6.07) is 1.86. The van der Waals surface area contributed by atoms with Crippen molar-refractivity contribution in [1.29, 1.82) is 0 Å². The molecule has 1 rings (SSSR count). The smallest absolute Gasteiger partial charge is 0.157 e. The van der Waals surface area contributed by atoms with Gasteiger partial charge in [-0.1, -0.05) is 0 Å². The number of hydrogen-bond acceptors (Lipinski definition) is 2. The van der Waals surface area contributed by atoms with Crippen LogP contribution in [0.1, 0.15) is 5.56 Å². The van der Waals surface area contributed by atoms with Crippen molar-refractivity contribution in [2.45, 2.75) is 12.0 Å². The Hall–Kier alpha value is -0.370. The monoisotopic (exact) mass is 114 g/mol. The molecule has 1 aromatic heterocycles. The van der Waals surface area contributed by atoms with E-state index in [2.05, 4.69) is 12.6 Å². The number of furan rings is 1. The zero-order valence-corrected chi connectivity index (χ0v) is 4.90.